The molecule has 228 valence electrons. The summed E-state index contributed by atoms with van der Waals surface area (Å²) in [6.45, 7) is 0. The van der Waals surface area contributed by atoms with Gasteiger partial charge in [-0.05, 0) is 97.9 Å². The molecule has 0 aliphatic heterocycles. The molecule has 0 heterocycles. The minimum atomic E-state index is -3.68. The summed E-state index contributed by atoms with van der Waals surface area (Å²) in [5.41, 5.74) is 3.32. The maximum absolute atomic E-state index is 13.9. The second-order valence-electron chi connectivity index (χ2n) is 11.2. The maximum Gasteiger partial charge on any atom is 0.207 e. The molecule has 0 bridgehead atoms. The fourth-order valence-corrected chi connectivity index (χ4v) is 7.34. The maximum atomic E-state index is 13.9. The van der Waals surface area contributed by atoms with Gasteiger partial charge in [-0.25, -0.2) is 8.42 Å². The van der Waals surface area contributed by atoms with Crippen LogP contribution in [0.4, 0.5) is 0 Å². The Morgan fingerprint density at radius 2 is 0.767 bits per heavy atom. The molecule has 4 rings (SSSR count). The van der Waals surface area contributed by atoms with Crippen LogP contribution in [0.1, 0.15) is 73.6 Å². The number of phenols is 4. The van der Waals surface area contributed by atoms with E-state index < -0.39 is 9.84 Å². The molecule has 4 N–H and O–H groups in total. The van der Waals surface area contributed by atoms with Crippen LogP contribution in [0.15, 0.2) is 94.7 Å². The lowest BCUT2D eigenvalue weighted by Crippen LogP contribution is -2.09. The van der Waals surface area contributed by atoms with Crippen molar-refractivity contribution in [3.8, 4) is 23.0 Å². The van der Waals surface area contributed by atoms with Crippen molar-refractivity contribution in [3.63, 3.8) is 0 Å². The number of aromatic hydroxyl groups is 4. The highest BCUT2D eigenvalue weighted by Gasteiger charge is 2.23. The first-order valence-electron chi connectivity index (χ1n) is 15.2. The van der Waals surface area contributed by atoms with Gasteiger partial charge in [0.25, 0.3) is 0 Å². The predicted octanol–water partition coefficient (Wildman–Crippen LogP) is 8.03. The molecule has 6 nitrogen and oxygen atoms in total. The van der Waals surface area contributed by atoms with Crippen LogP contribution in [0.25, 0.3) is 0 Å². The van der Waals surface area contributed by atoms with E-state index in [2.05, 4.69) is 0 Å². The van der Waals surface area contributed by atoms with Crippen LogP contribution in [0.2, 0.25) is 0 Å². The summed E-state index contributed by atoms with van der Waals surface area (Å²) in [7, 11) is -3.68. The van der Waals surface area contributed by atoms with Gasteiger partial charge in [-0.3, -0.25) is 0 Å². The Hall–Kier alpha value is -3.97. The molecule has 0 radical (unpaired) electrons. The molecule has 0 fully saturated rings. The predicted molar refractivity (Wildman–Crippen MR) is 170 cm³/mol. The molecule has 0 aromatic heterocycles. The van der Waals surface area contributed by atoms with E-state index in [9.17, 15) is 28.8 Å². The van der Waals surface area contributed by atoms with Crippen LogP contribution in [0, 0.1) is 0 Å². The van der Waals surface area contributed by atoms with Crippen molar-refractivity contribution >= 4 is 9.84 Å². The Labute approximate surface area is 255 Å². The molecule has 4 aromatic rings. The van der Waals surface area contributed by atoms with Gasteiger partial charge in [0.2, 0.25) is 9.84 Å². The first kappa shape index (κ1) is 32.0. The summed E-state index contributed by atoms with van der Waals surface area (Å²) in [6.07, 6.45) is 10.2. The number of aryl methyl sites for hydroxylation is 4. The standard InChI is InChI=1S/C36H42O6S/c37-31-23-21-27(33(39)25-31)13-5-1-3-7-15-29-17-9-11-19-35(29)43(41,42)36-20-12-10-18-30(36)16-8-4-2-6-14-28-22-24-32(38)26-34(28)40/h9-12,17-26,37-40H,1-8,13-16H2. The summed E-state index contributed by atoms with van der Waals surface area (Å²) in [4.78, 5) is 0.760. The lowest BCUT2D eigenvalue weighted by Gasteiger charge is -2.14. The monoisotopic (exact) mass is 602 g/mol. The van der Waals surface area contributed by atoms with Gasteiger partial charge in [0.15, 0.2) is 0 Å². The number of hydrogen-bond donors (Lipinski definition) is 4. The zero-order valence-electron chi connectivity index (χ0n) is 24.6. The quantitative estimate of drug-likeness (QED) is 0.0965. The molecule has 43 heavy (non-hydrogen) atoms. The van der Waals surface area contributed by atoms with Crippen molar-refractivity contribution in [1.82, 2.24) is 0 Å². The Morgan fingerprint density at radius 1 is 0.419 bits per heavy atom. The summed E-state index contributed by atoms with van der Waals surface area (Å²) < 4.78 is 27.8. The molecular weight excluding hydrogens is 560 g/mol. The second-order valence-corrected chi connectivity index (χ2v) is 13.1. The van der Waals surface area contributed by atoms with E-state index in [4.69, 9.17) is 0 Å². The van der Waals surface area contributed by atoms with E-state index >= 15 is 0 Å². The fourth-order valence-electron chi connectivity index (χ4n) is 5.56. The van der Waals surface area contributed by atoms with Gasteiger partial charge >= 0.3 is 0 Å². The van der Waals surface area contributed by atoms with E-state index in [1.165, 1.54) is 12.1 Å². The van der Waals surface area contributed by atoms with Crippen LogP contribution < -0.4 is 0 Å². The van der Waals surface area contributed by atoms with Crippen molar-refractivity contribution in [2.24, 2.45) is 0 Å². The molecule has 0 aliphatic rings. The number of sulfone groups is 1. The molecule has 0 unspecified atom stereocenters. The molecular formula is C36H42O6S. The van der Waals surface area contributed by atoms with E-state index in [0.29, 0.717) is 22.6 Å². The summed E-state index contributed by atoms with van der Waals surface area (Å²) in [5.74, 6) is 0.341. The van der Waals surface area contributed by atoms with Gasteiger partial charge in [-0.1, -0.05) is 74.2 Å². The highest BCUT2D eigenvalue weighted by Crippen LogP contribution is 2.30. The third-order valence-corrected chi connectivity index (χ3v) is 9.90. The average Bonchev–Trinajstić information content (AvgIpc) is 2.99. The van der Waals surface area contributed by atoms with Crippen LogP contribution in [-0.2, 0) is 35.5 Å². The molecule has 4 aromatic carbocycles. The molecule has 0 saturated carbocycles. The number of rotatable bonds is 16. The van der Waals surface area contributed by atoms with E-state index in [1.807, 2.05) is 24.3 Å². The molecule has 0 amide bonds. The van der Waals surface area contributed by atoms with Crippen molar-refractivity contribution in [2.75, 3.05) is 0 Å². The van der Waals surface area contributed by atoms with Crippen LogP contribution >= 0.6 is 0 Å². The smallest absolute Gasteiger partial charge is 0.207 e. The Bertz CT molecular complexity index is 1480. The summed E-state index contributed by atoms with van der Waals surface area (Å²) in [6, 6.07) is 24.0. The Kier molecular flexibility index (Phi) is 11.5. The zero-order chi connectivity index (χ0) is 30.7. The Morgan fingerprint density at radius 3 is 1.14 bits per heavy atom. The average molecular weight is 603 g/mol. The van der Waals surface area contributed by atoms with E-state index in [-0.39, 0.29) is 23.0 Å². The van der Waals surface area contributed by atoms with Gasteiger partial charge < -0.3 is 20.4 Å². The van der Waals surface area contributed by atoms with Crippen LogP contribution in [0.5, 0.6) is 23.0 Å². The highest BCUT2D eigenvalue weighted by atomic mass is 32.2. The summed E-state index contributed by atoms with van der Waals surface area (Å²) in [5, 5.41) is 38.8. The first-order chi connectivity index (χ1) is 20.8. The molecule has 7 heteroatoms. The topological polar surface area (TPSA) is 115 Å². The van der Waals surface area contributed by atoms with Gasteiger partial charge in [0, 0.05) is 12.1 Å². The van der Waals surface area contributed by atoms with Gasteiger partial charge in [0.05, 0.1) is 9.79 Å². The summed E-state index contributed by atoms with van der Waals surface area (Å²) >= 11 is 0. The van der Waals surface area contributed by atoms with Gasteiger partial charge in [-0.2, -0.15) is 0 Å². The number of unbranched alkanes of at least 4 members (excludes halogenated alkanes) is 6. The zero-order valence-corrected chi connectivity index (χ0v) is 25.4. The largest absolute Gasteiger partial charge is 0.508 e. The number of benzene rings is 4. The van der Waals surface area contributed by atoms with Gasteiger partial charge in [0.1, 0.15) is 23.0 Å². The van der Waals surface area contributed by atoms with Crippen LogP contribution in [-0.4, -0.2) is 28.8 Å². The third kappa shape index (κ3) is 9.01. The van der Waals surface area contributed by atoms with Crippen molar-refractivity contribution in [1.29, 1.82) is 0 Å². The molecule has 0 saturated heterocycles. The van der Waals surface area contributed by atoms with Crippen molar-refractivity contribution in [3.05, 3.63) is 107 Å². The first-order valence-corrected chi connectivity index (χ1v) is 16.7. The van der Waals surface area contributed by atoms with E-state index in [1.54, 1.807) is 48.5 Å². The fraction of sp³-hybridized carbons (Fsp3) is 0.333. The second kappa shape index (κ2) is 15.5. The van der Waals surface area contributed by atoms with Crippen molar-refractivity contribution in [2.45, 2.75) is 86.8 Å². The lowest BCUT2D eigenvalue weighted by atomic mass is 10.0. The van der Waals surface area contributed by atoms with Crippen LogP contribution in [0.3, 0.4) is 0 Å². The molecule has 0 atom stereocenters. The minimum absolute atomic E-state index is 0.0539. The SMILES string of the molecule is O=S(=O)(c1ccccc1CCCCCCc1ccc(O)cc1O)c1ccccc1CCCCCCc1ccc(O)cc1O. The number of hydrogen-bond acceptors (Lipinski definition) is 6. The molecule has 0 spiro atoms. The van der Waals surface area contributed by atoms with Crippen molar-refractivity contribution < 1.29 is 28.8 Å². The lowest BCUT2D eigenvalue weighted by molar-refractivity contribution is 0.444. The third-order valence-electron chi connectivity index (χ3n) is 7.95. The minimum Gasteiger partial charge on any atom is -0.508 e. The normalized spacial score (nSPS) is 11.5. The molecule has 0 aliphatic carbocycles. The highest BCUT2D eigenvalue weighted by molar-refractivity contribution is 7.91. The van der Waals surface area contributed by atoms with E-state index in [0.717, 1.165) is 86.5 Å². The Balaban J connectivity index is 1.28. The van der Waals surface area contributed by atoms with Gasteiger partial charge in [-0.15, -0.1) is 0 Å². The number of phenolic OH excluding ortho intramolecular Hbond substituents is 4.